The summed E-state index contributed by atoms with van der Waals surface area (Å²) in [6.45, 7) is 1.18. The molecule has 0 aliphatic carbocycles. The molecule has 3 rings (SSSR count). The van der Waals surface area contributed by atoms with Crippen LogP contribution >= 0.6 is 0 Å². The minimum Gasteiger partial charge on any atom is -0.493 e. The number of methoxy groups -OCH3 is 2. The van der Waals surface area contributed by atoms with Gasteiger partial charge >= 0.3 is 0 Å². The Labute approximate surface area is 214 Å². The summed E-state index contributed by atoms with van der Waals surface area (Å²) in [4.78, 5) is 23.5. The van der Waals surface area contributed by atoms with Gasteiger partial charge in [0.15, 0.2) is 11.5 Å². The molecule has 194 valence electrons. The summed E-state index contributed by atoms with van der Waals surface area (Å²) in [5, 5.41) is 15.5. The first-order valence-electron chi connectivity index (χ1n) is 11.1. The molecular weight excluding hydrogens is 500 g/mol. The number of nitro groups is 1. The fourth-order valence-corrected chi connectivity index (χ4v) is 4.89. The number of nitro benzene ring substituents is 1. The zero-order valence-corrected chi connectivity index (χ0v) is 21.3. The van der Waals surface area contributed by atoms with Crippen molar-refractivity contribution >= 4 is 33.0 Å². The van der Waals surface area contributed by atoms with Gasteiger partial charge in [0.1, 0.15) is 6.54 Å². The molecule has 37 heavy (non-hydrogen) atoms. The van der Waals surface area contributed by atoms with Gasteiger partial charge in [-0.1, -0.05) is 31.2 Å². The molecule has 0 saturated carbocycles. The summed E-state index contributed by atoms with van der Waals surface area (Å²) in [5.41, 5.74) is 3.24. The number of hydrogen-bond donors (Lipinski definition) is 1. The van der Waals surface area contributed by atoms with E-state index in [9.17, 15) is 23.3 Å². The van der Waals surface area contributed by atoms with Crippen LogP contribution in [0.3, 0.4) is 0 Å². The molecule has 0 atom stereocenters. The number of nitrogens with one attached hydrogen (secondary N) is 1. The predicted molar refractivity (Wildman–Crippen MR) is 139 cm³/mol. The number of nitrogens with zero attached hydrogens (tertiary/aromatic N) is 3. The third-order valence-corrected chi connectivity index (χ3v) is 7.10. The Balaban J connectivity index is 1.92. The normalized spacial score (nSPS) is 11.5. The van der Waals surface area contributed by atoms with Crippen molar-refractivity contribution in [1.82, 2.24) is 5.43 Å². The molecule has 0 bridgehead atoms. The standard InChI is InChI=1S/C25H26N4O7S/c1-4-22(18-13-14-23(35-2)24(15-18)36-3)26-27-25(30)17-28(19-9-8-10-20(16-19)29(31)32)37(33,34)21-11-6-5-7-12-21/h5-16H,4,17H2,1-3H3,(H,27,30)/b26-22-. The lowest BCUT2D eigenvalue weighted by molar-refractivity contribution is -0.384. The van der Waals surface area contributed by atoms with Gasteiger partial charge in [0.05, 0.1) is 35.4 Å². The predicted octanol–water partition coefficient (Wildman–Crippen LogP) is 3.74. The van der Waals surface area contributed by atoms with E-state index in [1.807, 2.05) is 6.92 Å². The second-order valence-electron chi connectivity index (χ2n) is 7.62. The number of anilines is 1. The van der Waals surface area contributed by atoms with Crippen LogP contribution in [0.25, 0.3) is 0 Å². The van der Waals surface area contributed by atoms with Gasteiger partial charge in [-0.15, -0.1) is 0 Å². The first-order valence-corrected chi connectivity index (χ1v) is 12.5. The molecule has 3 aromatic rings. The number of ether oxygens (including phenoxy) is 2. The van der Waals surface area contributed by atoms with Crippen molar-refractivity contribution in [3.8, 4) is 11.5 Å². The molecule has 0 aliphatic rings. The van der Waals surface area contributed by atoms with Gasteiger partial charge in [-0.25, -0.2) is 13.8 Å². The van der Waals surface area contributed by atoms with Gasteiger partial charge in [0.2, 0.25) is 0 Å². The smallest absolute Gasteiger partial charge is 0.271 e. The Kier molecular flexibility index (Phi) is 8.80. The molecule has 0 heterocycles. The number of sulfonamides is 1. The van der Waals surface area contributed by atoms with Gasteiger partial charge in [-0.2, -0.15) is 5.10 Å². The second-order valence-corrected chi connectivity index (χ2v) is 9.48. The summed E-state index contributed by atoms with van der Waals surface area (Å²) in [6, 6.07) is 17.7. The molecule has 12 heteroatoms. The fraction of sp³-hybridized carbons (Fsp3) is 0.200. The number of rotatable bonds is 11. The monoisotopic (exact) mass is 526 g/mol. The summed E-state index contributed by atoms with van der Waals surface area (Å²) >= 11 is 0. The molecule has 1 N–H and O–H groups in total. The quantitative estimate of drug-likeness (QED) is 0.228. The van der Waals surface area contributed by atoms with Gasteiger partial charge < -0.3 is 9.47 Å². The molecule has 0 radical (unpaired) electrons. The van der Waals surface area contributed by atoms with Crippen LogP contribution in [0.5, 0.6) is 11.5 Å². The summed E-state index contributed by atoms with van der Waals surface area (Å²) < 4.78 is 38.2. The highest BCUT2D eigenvalue weighted by Gasteiger charge is 2.28. The van der Waals surface area contributed by atoms with Crippen LogP contribution in [0.4, 0.5) is 11.4 Å². The largest absolute Gasteiger partial charge is 0.493 e. The maximum Gasteiger partial charge on any atom is 0.271 e. The third-order valence-electron chi connectivity index (χ3n) is 5.31. The SMILES string of the molecule is CC/C(=N/NC(=O)CN(c1cccc([N+](=O)[O-])c1)S(=O)(=O)c1ccccc1)c1ccc(OC)c(OC)c1. The van der Waals surface area contributed by atoms with E-state index in [1.165, 1.54) is 44.6 Å². The first kappa shape index (κ1) is 27.1. The van der Waals surface area contributed by atoms with Gasteiger partial charge in [0.25, 0.3) is 21.6 Å². The molecule has 1 amide bonds. The van der Waals surface area contributed by atoms with Crippen LogP contribution < -0.4 is 19.2 Å². The van der Waals surface area contributed by atoms with Gasteiger partial charge in [-0.3, -0.25) is 19.2 Å². The zero-order chi connectivity index (χ0) is 27.0. The Morgan fingerprint density at radius 1 is 1.00 bits per heavy atom. The Hall–Kier alpha value is -4.45. The first-order chi connectivity index (χ1) is 17.7. The minimum absolute atomic E-state index is 0.0345. The Morgan fingerprint density at radius 2 is 1.70 bits per heavy atom. The van der Waals surface area contributed by atoms with E-state index < -0.39 is 27.4 Å². The highest BCUT2D eigenvalue weighted by molar-refractivity contribution is 7.92. The Bertz CT molecular complexity index is 1410. The molecule has 0 aliphatic heterocycles. The number of non-ortho nitro benzene ring substituents is 1. The maximum atomic E-state index is 13.4. The number of hydrazone groups is 1. The van der Waals surface area contributed by atoms with E-state index in [-0.39, 0.29) is 16.3 Å². The van der Waals surface area contributed by atoms with Crippen molar-refractivity contribution in [3.05, 3.63) is 88.5 Å². The number of carbonyl (C=O) groups is 1. The number of hydrogen-bond acceptors (Lipinski definition) is 8. The van der Waals surface area contributed by atoms with E-state index in [2.05, 4.69) is 10.5 Å². The lowest BCUT2D eigenvalue weighted by Crippen LogP contribution is -2.39. The molecule has 3 aromatic carbocycles. The molecule has 0 unspecified atom stereocenters. The van der Waals surface area contributed by atoms with Crippen molar-refractivity contribution in [2.24, 2.45) is 5.10 Å². The van der Waals surface area contributed by atoms with E-state index in [1.54, 1.807) is 36.4 Å². The highest BCUT2D eigenvalue weighted by atomic mass is 32.2. The van der Waals surface area contributed by atoms with E-state index in [0.717, 1.165) is 10.4 Å². The Morgan fingerprint density at radius 3 is 2.32 bits per heavy atom. The van der Waals surface area contributed by atoms with Crippen LogP contribution in [-0.2, 0) is 14.8 Å². The molecule has 0 saturated heterocycles. The maximum absolute atomic E-state index is 13.4. The van der Waals surface area contributed by atoms with Crippen LogP contribution in [0.1, 0.15) is 18.9 Å². The minimum atomic E-state index is -4.23. The van der Waals surface area contributed by atoms with Crippen molar-refractivity contribution in [3.63, 3.8) is 0 Å². The number of benzene rings is 3. The van der Waals surface area contributed by atoms with Gasteiger partial charge in [-0.05, 0) is 42.8 Å². The average molecular weight is 527 g/mol. The molecule has 0 aromatic heterocycles. The molecule has 11 nitrogen and oxygen atoms in total. The average Bonchev–Trinajstić information content (AvgIpc) is 2.92. The van der Waals surface area contributed by atoms with Crippen LogP contribution in [0, 0.1) is 10.1 Å². The molecular formula is C25H26N4O7S. The van der Waals surface area contributed by atoms with Crippen molar-refractivity contribution < 1.29 is 27.6 Å². The van der Waals surface area contributed by atoms with Crippen LogP contribution in [0.2, 0.25) is 0 Å². The highest BCUT2D eigenvalue weighted by Crippen LogP contribution is 2.29. The van der Waals surface area contributed by atoms with Crippen molar-refractivity contribution in [2.45, 2.75) is 18.2 Å². The summed E-state index contributed by atoms with van der Waals surface area (Å²) in [6.07, 6.45) is 0.451. The lowest BCUT2D eigenvalue weighted by Gasteiger charge is -2.23. The number of amides is 1. The zero-order valence-electron chi connectivity index (χ0n) is 20.5. The third kappa shape index (κ3) is 6.41. The lowest BCUT2D eigenvalue weighted by atomic mass is 10.1. The van der Waals surface area contributed by atoms with Crippen molar-refractivity contribution in [1.29, 1.82) is 0 Å². The van der Waals surface area contributed by atoms with E-state index in [4.69, 9.17) is 9.47 Å². The molecule has 0 spiro atoms. The van der Waals surface area contributed by atoms with Gasteiger partial charge in [0, 0.05) is 17.7 Å². The van der Waals surface area contributed by atoms with Crippen LogP contribution in [0.15, 0.2) is 82.8 Å². The fourth-order valence-electron chi connectivity index (χ4n) is 3.46. The van der Waals surface area contributed by atoms with E-state index >= 15 is 0 Å². The molecule has 0 fully saturated rings. The second kappa shape index (κ2) is 12.0. The topological polar surface area (TPSA) is 140 Å². The summed E-state index contributed by atoms with van der Waals surface area (Å²) in [7, 11) is -1.21. The van der Waals surface area contributed by atoms with Crippen molar-refractivity contribution in [2.75, 3.05) is 25.1 Å². The van der Waals surface area contributed by atoms with Crippen LogP contribution in [-0.4, -0.2) is 45.7 Å². The van der Waals surface area contributed by atoms with E-state index in [0.29, 0.717) is 29.2 Å². The number of carbonyl (C=O) groups excluding carboxylic acids is 1. The summed E-state index contributed by atoms with van der Waals surface area (Å²) in [5.74, 6) is 0.278.